The van der Waals surface area contributed by atoms with Crippen LogP contribution in [0.25, 0.3) is 0 Å². The van der Waals surface area contributed by atoms with Crippen LogP contribution in [0, 0.1) is 11.7 Å². The van der Waals surface area contributed by atoms with Crippen molar-refractivity contribution < 1.29 is 27.2 Å². The maximum atomic E-state index is 13.4. The van der Waals surface area contributed by atoms with Crippen LogP contribution in [0.1, 0.15) is 28.8 Å². The lowest BCUT2D eigenvalue weighted by atomic mass is 10.1. The SMILES string of the molecule is CN(C(=O)C1CC1)c1ccccc1C(=O)Nc1ccc(F)c(C(F)(F)F)c1. The van der Waals surface area contributed by atoms with Crippen molar-refractivity contribution >= 4 is 23.2 Å². The number of nitrogens with one attached hydrogen (secondary N) is 1. The highest BCUT2D eigenvalue weighted by Crippen LogP contribution is 2.34. The van der Waals surface area contributed by atoms with E-state index in [0.29, 0.717) is 17.8 Å². The number of hydrogen-bond acceptors (Lipinski definition) is 2. The Morgan fingerprint density at radius 1 is 1.11 bits per heavy atom. The van der Waals surface area contributed by atoms with Gasteiger partial charge in [-0.25, -0.2) is 4.39 Å². The molecule has 0 heterocycles. The molecule has 2 aromatic carbocycles. The summed E-state index contributed by atoms with van der Waals surface area (Å²) >= 11 is 0. The minimum absolute atomic E-state index is 0.0578. The van der Waals surface area contributed by atoms with Crippen molar-refractivity contribution in [2.24, 2.45) is 5.92 Å². The Bertz CT molecular complexity index is 892. The van der Waals surface area contributed by atoms with Crippen molar-refractivity contribution in [3.05, 3.63) is 59.4 Å². The average Bonchev–Trinajstić information content (AvgIpc) is 3.46. The van der Waals surface area contributed by atoms with Crippen LogP contribution in [0.15, 0.2) is 42.5 Å². The first-order chi connectivity index (χ1) is 12.7. The van der Waals surface area contributed by atoms with Gasteiger partial charge in [-0.05, 0) is 43.2 Å². The predicted octanol–water partition coefficient (Wildman–Crippen LogP) is 4.47. The molecule has 0 aromatic heterocycles. The lowest BCUT2D eigenvalue weighted by Gasteiger charge is -2.20. The topological polar surface area (TPSA) is 49.4 Å². The van der Waals surface area contributed by atoms with E-state index in [2.05, 4.69) is 5.32 Å². The zero-order chi connectivity index (χ0) is 19.8. The Morgan fingerprint density at radius 3 is 2.41 bits per heavy atom. The summed E-state index contributed by atoms with van der Waals surface area (Å²) in [5, 5.41) is 2.33. The van der Waals surface area contributed by atoms with E-state index in [1.807, 2.05) is 0 Å². The Labute approximate surface area is 152 Å². The summed E-state index contributed by atoms with van der Waals surface area (Å²) in [5.74, 6) is -2.29. The van der Waals surface area contributed by atoms with Crippen LogP contribution < -0.4 is 10.2 Å². The van der Waals surface area contributed by atoms with E-state index in [4.69, 9.17) is 0 Å². The van der Waals surface area contributed by atoms with Gasteiger partial charge in [0.25, 0.3) is 5.91 Å². The summed E-state index contributed by atoms with van der Waals surface area (Å²) in [6, 6.07) is 8.52. The highest BCUT2D eigenvalue weighted by atomic mass is 19.4. The molecule has 0 aliphatic heterocycles. The van der Waals surface area contributed by atoms with Gasteiger partial charge < -0.3 is 10.2 Å². The highest BCUT2D eigenvalue weighted by Gasteiger charge is 2.35. The Hall–Kier alpha value is -2.90. The Kier molecular flexibility index (Phi) is 4.91. The maximum Gasteiger partial charge on any atom is 0.419 e. The van der Waals surface area contributed by atoms with Gasteiger partial charge in [-0.1, -0.05) is 12.1 Å². The molecule has 2 aromatic rings. The van der Waals surface area contributed by atoms with E-state index < -0.39 is 23.5 Å². The molecule has 0 radical (unpaired) electrons. The third-order valence-electron chi connectivity index (χ3n) is 4.30. The standard InChI is InChI=1S/C19H16F4N2O2/c1-25(18(27)11-6-7-11)16-5-3-2-4-13(16)17(26)24-12-8-9-15(20)14(10-12)19(21,22)23/h2-5,8-11H,6-7H2,1H3,(H,24,26). The largest absolute Gasteiger partial charge is 0.419 e. The second-order valence-corrected chi connectivity index (χ2v) is 6.34. The summed E-state index contributed by atoms with van der Waals surface area (Å²) in [5.41, 5.74) is -1.17. The van der Waals surface area contributed by atoms with Crippen LogP contribution in [0.4, 0.5) is 28.9 Å². The molecular weight excluding hydrogens is 364 g/mol. The quantitative estimate of drug-likeness (QED) is 0.796. The van der Waals surface area contributed by atoms with Crippen LogP contribution in [0.3, 0.4) is 0 Å². The van der Waals surface area contributed by atoms with Crippen LogP contribution in [-0.4, -0.2) is 18.9 Å². The van der Waals surface area contributed by atoms with Gasteiger partial charge >= 0.3 is 6.18 Å². The molecule has 8 heteroatoms. The molecule has 142 valence electrons. The first-order valence-corrected chi connectivity index (χ1v) is 8.23. The lowest BCUT2D eigenvalue weighted by molar-refractivity contribution is -0.140. The van der Waals surface area contributed by atoms with Crippen molar-refractivity contribution in [1.82, 2.24) is 0 Å². The average molecular weight is 380 g/mol. The number of nitrogens with zero attached hydrogens (tertiary/aromatic N) is 1. The van der Waals surface area contributed by atoms with E-state index in [9.17, 15) is 27.2 Å². The fraction of sp³-hybridized carbons (Fsp3) is 0.263. The van der Waals surface area contributed by atoms with Crippen LogP contribution >= 0.6 is 0 Å². The Balaban J connectivity index is 1.86. The molecule has 1 aliphatic carbocycles. The van der Waals surface area contributed by atoms with Gasteiger partial charge in [0.05, 0.1) is 16.8 Å². The summed E-state index contributed by atoms with van der Waals surface area (Å²) in [6.07, 6.45) is -3.28. The molecule has 1 N–H and O–H groups in total. The number of halogens is 4. The molecule has 0 spiro atoms. The van der Waals surface area contributed by atoms with Gasteiger partial charge in [0.15, 0.2) is 0 Å². The van der Waals surface area contributed by atoms with Gasteiger partial charge in [-0.2, -0.15) is 13.2 Å². The predicted molar refractivity (Wildman–Crippen MR) is 91.9 cm³/mol. The number of carbonyl (C=O) groups excluding carboxylic acids is 2. The first kappa shape index (κ1) is 18.9. The highest BCUT2D eigenvalue weighted by molar-refractivity contribution is 6.10. The minimum Gasteiger partial charge on any atom is -0.322 e. The number of anilines is 2. The molecule has 2 amide bonds. The molecule has 1 saturated carbocycles. The zero-order valence-corrected chi connectivity index (χ0v) is 14.3. The van der Waals surface area contributed by atoms with Crippen molar-refractivity contribution in [2.75, 3.05) is 17.3 Å². The van der Waals surface area contributed by atoms with Gasteiger partial charge in [-0.15, -0.1) is 0 Å². The monoisotopic (exact) mass is 380 g/mol. The number of benzene rings is 2. The van der Waals surface area contributed by atoms with E-state index >= 15 is 0 Å². The molecule has 3 rings (SSSR count). The van der Waals surface area contributed by atoms with Crippen LogP contribution in [-0.2, 0) is 11.0 Å². The normalized spacial score (nSPS) is 14.0. The van der Waals surface area contributed by atoms with Crippen LogP contribution in [0.2, 0.25) is 0 Å². The maximum absolute atomic E-state index is 13.4. The van der Waals surface area contributed by atoms with Crippen LogP contribution in [0.5, 0.6) is 0 Å². The summed E-state index contributed by atoms with van der Waals surface area (Å²) < 4.78 is 51.9. The van der Waals surface area contributed by atoms with Gasteiger partial charge in [-0.3, -0.25) is 9.59 Å². The van der Waals surface area contributed by atoms with Crippen molar-refractivity contribution in [3.8, 4) is 0 Å². The van der Waals surface area contributed by atoms with Crippen molar-refractivity contribution in [2.45, 2.75) is 19.0 Å². The first-order valence-electron chi connectivity index (χ1n) is 8.23. The molecule has 1 fully saturated rings. The molecule has 0 atom stereocenters. The number of carbonyl (C=O) groups is 2. The molecule has 0 unspecified atom stereocenters. The van der Waals surface area contributed by atoms with E-state index in [-0.39, 0.29) is 23.1 Å². The zero-order valence-electron chi connectivity index (χ0n) is 14.3. The second-order valence-electron chi connectivity index (χ2n) is 6.34. The Morgan fingerprint density at radius 2 is 1.78 bits per heavy atom. The molecule has 4 nitrogen and oxygen atoms in total. The number of amides is 2. The molecule has 0 saturated heterocycles. The third-order valence-corrected chi connectivity index (χ3v) is 4.30. The smallest absolute Gasteiger partial charge is 0.322 e. The molecule has 27 heavy (non-hydrogen) atoms. The lowest BCUT2D eigenvalue weighted by Crippen LogP contribution is -2.30. The molecular formula is C19H16F4N2O2. The van der Waals surface area contributed by atoms with Gasteiger partial charge in [0.2, 0.25) is 5.91 Å². The van der Waals surface area contributed by atoms with Crippen molar-refractivity contribution in [1.29, 1.82) is 0 Å². The van der Waals surface area contributed by atoms with Crippen molar-refractivity contribution in [3.63, 3.8) is 0 Å². The minimum atomic E-state index is -4.88. The number of alkyl halides is 3. The van der Waals surface area contributed by atoms with Gasteiger partial charge in [0, 0.05) is 18.7 Å². The summed E-state index contributed by atoms with van der Waals surface area (Å²) in [4.78, 5) is 26.2. The molecule has 0 bridgehead atoms. The van der Waals surface area contributed by atoms with Gasteiger partial charge in [0.1, 0.15) is 5.82 Å². The fourth-order valence-corrected chi connectivity index (χ4v) is 2.70. The number of rotatable bonds is 4. The molecule has 1 aliphatic rings. The van der Waals surface area contributed by atoms with E-state index in [1.54, 1.807) is 25.2 Å². The van der Waals surface area contributed by atoms with E-state index in [0.717, 1.165) is 18.9 Å². The number of para-hydroxylation sites is 1. The number of hydrogen-bond donors (Lipinski definition) is 1. The van der Waals surface area contributed by atoms with E-state index in [1.165, 1.54) is 11.0 Å². The summed E-state index contributed by atoms with van der Waals surface area (Å²) in [7, 11) is 1.55. The summed E-state index contributed by atoms with van der Waals surface area (Å²) in [6.45, 7) is 0. The second kappa shape index (κ2) is 7.02. The fourth-order valence-electron chi connectivity index (χ4n) is 2.70. The third kappa shape index (κ3) is 4.10.